The van der Waals surface area contributed by atoms with Crippen LogP contribution in [0.4, 0.5) is 15.8 Å². The number of sulfonamides is 1. The fraction of sp³-hybridized carbons (Fsp3) is 0.296. The first-order chi connectivity index (χ1) is 17.7. The maximum atomic E-state index is 14.1. The van der Waals surface area contributed by atoms with Crippen molar-refractivity contribution in [1.29, 1.82) is 0 Å². The summed E-state index contributed by atoms with van der Waals surface area (Å²) in [6.07, 6.45) is 1.51. The van der Waals surface area contributed by atoms with Crippen molar-refractivity contribution in [3.05, 3.63) is 77.1 Å². The highest BCUT2D eigenvalue weighted by Gasteiger charge is 2.41. The lowest BCUT2D eigenvalue weighted by Gasteiger charge is -2.36. The van der Waals surface area contributed by atoms with Gasteiger partial charge in [-0.2, -0.15) is 4.31 Å². The van der Waals surface area contributed by atoms with Gasteiger partial charge >= 0.3 is 5.97 Å². The maximum Gasteiger partial charge on any atom is 0.338 e. The maximum absolute atomic E-state index is 14.1. The summed E-state index contributed by atoms with van der Waals surface area (Å²) < 4.78 is 49.1. The summed E-state index contributed by atoms with van der Waals surface area (Å²) >= 11 is 6.70. The van der Waals surface area contributed by atoms with Crippen molar-refractivity contribution in [3.63, 3.8) is 0 Å². The van der Waals surface area contributed by atoms with Gasteiger partial charge < -0.3 is 14.7 Å². The Hall–Kier alpha value is -2.98. The largest absolute Gasteiger partial charge is 0.478 e. The summed E-state index contributed by atoms with van der Waals surface area (Å²) in [6, 6.07) is 15.9. The van der Waals surface area contributed by atoms with Crippen molar-refractivity contribution in [2.75, 3.05) is 31.7 Å². The molecule has 3 aromatic rings. The molecule has 0 aromatic heterocycles. The minimum Gasteiger partial charge on any atom is -0.478 e. The monoisotopic (exact) mass is 544 g/mol. The number of benzene rings is 3. The van der Waals surface area contributed by atoms with Crippen LogP contribution in [0.2, 0.25) is 5.02 Å². The Labute approximate surface area is 220 Å². The number of para-hydroxylation sites is 1. The number of halogens is 2. The van der Waals surface area contributed by atoms with Gasteiger partial charge in [-0.3, -0.25) is 0 Å². The number of ether oxygens (including phenoxy) is 1. The topological polar surface area (TPSA) is 87.2 Å². The average molecular weight is 545 g/mol. The molecule has 1 N–H and O–H groups in total. The molecular weight excluding hydrogens is 519 g/mol. The molecule has 2 aliphatic heterocycles. The van der Waals surface area contributed by atoms with Crippen LogP contribution < -0.4 is 4.90 Å². The fourth-order valence-electron chi connectivity index (χ4n) is 5.17. The van der Waals surface area contributed by atoms with Gasteiger partial charge in [0.15, 0.2) is 0 Å². The molecule has 1 saturated heterocycles. The van der Waals surface area contributed by atoms with E-state index in [-0.39, 0.29) is 21.9 Å². The van der Waals surface area contributed by atoms with Crippen molar-refractivity contribution in [3.8, 4) is 11.1 Å². The Morgan fingerprint density at radius 2 is 1.78 bits per heavy atom. The molecule has 0 radical (unpaired) electrons. The number of fused-ring (bicyclic) bond motifs is 1. The van der Waals surface area contributed by atoms with Gasteiger partial charge in [0, 0.05) is 44.1 Å². The standard InChI is InChI=1S/C27H26ClFN2O5S/c1-30-25(17-9-11-36-12-10-17)16-31(19-5-3-2-4-6-19)24-15-22(28)20(14-26(24)37(30,34)35)18-7-8-23(29)21(13-18)27(32)33/h2-8,13-15,17,25H,9-12,16H2,1H3,(H,32,33)/t25-/m0/s1. The SMILES string of the molecule is CN1[C@H](C2CCOCC2)CN(c2ccccc2)c2cc(Cl)c(-c3ccc(F)c(C(=O)O)c3)cc2S1(=O)=O. The molecule has 7 nitrogen and oxygen atoms in total. The molecule has 0 unspecified atom stereocenters. The van der Waals surface area contributed by atoms with Gasteiger partial charge in [-0.15, -0.1) is 0 Å². The minimum atomic E-state index is -3.98. The van der Waals surface area contributed by atoms with Gasteiger partial charge in [0.25, 0.3) is 0 Å². The molecule has 0 spiro atoms. The van der Waals surface area contributed by atoms with Crippen molar-refractivity contribution in [2.24, 2.45) is 5.92 Å². The van der Waals surface area contributed by atoms with Crippen molar-refractivity contribution >= 4 is 39.0 Å². The van der Waals surface area contributed by atoms with E-state index >= 15 is 0 Å². The van der Waals surface area contributed by atoms with E-state index in [1.807, 2.05) is 35.2 Å². The summed E-state index contributed by atoms with van der Waals surface area (Å²) in [4.78, 5) is 13.5. The van der Waals surface area contributed by atoms with E-state index < -0.39 is 27.4 Å². The first kappa shape index (κ1) is 25.7. The number of nitrogens with zero attached hydrogens (tertiary/aromatic N) is 2. The van der Waals surface area contributed by atoms with Gasteiger partial charge in [-0.25, -0.2) is 17.6 Å². The zero-order valence-corrected chi connectivity index (χ0v) is 21.7. The lowest BCUT2D eigenvalue weighted by molar-refractivity contribution is 0.0465. The molecule has 0 saturated carbocycles. The summed E-state index contributed by atoms with van der Waals surface area (Å²) in [5, 5.41) is 9.60. The summed E-state index contributed by atoms with van der Waals surface area (Å²) in [6.45, 7) is 1.59. The molecule has 194 valence electrons. The Morgan fingerprint density at radius 3 is 2.46 bits per heavy atom. The Bertz CT molecular complexity index is 1440. The van der Waals surface area contributed by atoms with Crippen LogP contribution in [-0.4, -0.2) is 56.6 Å². The highest BCUT2D eigenvalue weighted by molar-refractivity contribution is 7.89. The van der Waals surface area contributed by atoms with Crippen LogP contribution >= 0.6 is 11.6 Å². The van der Waals surface area contributed by atoms with E-state index in [0.29, 0.717) is 36.6 Å². The number of carboxylic acids is 1. The summed E-state index contributed by atoms with van der Waals surface area (Å²) in [5.41, 5.74) is 1.35. The average Bonchev–Trinajstić information content (AvgIpc) is 2.97. The molecule has 37 heavy (non-hydrogen) atoms. The molecule has 2 heterocycles. The lowest BCUT2D eigenvalue weighted by Crippen LogP contribution is -2.47. The zero-order valence-electron chi connectivity index (χ0n) is 20.1. The first-order valence-corrected chi connectivity index (χ1v) is 13.8. The van der Waals surface area contributed by atoms with E-state index in [4.69, 9.17) is 16.3 Å². The Kier molecular flexibility index (Phi) is 6.97. The van der Waals surface area contributed by atoms with Crippen LogP contribution in [0.15, 0.2) is 65.6 Å². The van der Waals surface area contributed by atoms with Crippen molar-refractivity contribution in [2.45, 2.75) is 23.8 Å². The minimum absolute atomic E-state index is 0.0500. The van der Waals surface area contributed by atoms with Gasteiger partial charge in [0.1, 0.15) is 10.7 Å². The molecule has 3 aromatic carbocycles. The summed E-state index contributed by atoms with van der Waals surface area (Å²) in [7, 11) is -2.38. The number of hydrogen-bond donors (Lipinski definition) is 1. The normalized spacial score (nSPS) is 20.3. The number of carboxylic acid groups (broad SMARTS) is 1. The van der Waals surface area contributed by atoms with E-state index in [2.05, 4.69) is 0 Å². The van der Waals surface area contributed by atoms with Crippen molar-refractivity contribution in [1.82, 2.24) is 4.31 Å². The van der Waals surface area contributed by atoms with Crippen LogP contribution in [0, 0.1) is 11.7 Å². The van der Waals surface area contributed by atoms with Crippen LogP contribution in [0.1, 0.15) is 23.2 Å². The quantitative estimate of drug-likeness (QED) is 0.472. The molecule has 0 bridgehead atoms. The Morgan fingerprint density at radius 1 is 1.08 bits per heavy atom. The number of anilines is 2. The molecular formula is C27H26ClFN2O5S. The third-order valence-electron chi connectivity index (χ3n) is 7.22. The second-order valence-corrected chi connectivity index (χ2v) is 11.7. The van der Waals surface area contributed by atoms with Gasteiger partial charge in [-0.1, -0.05) is 35.9 Å². The lowest BCUT2D eigenvalue weighted by atomic mass is 9.91. The number of aromatic carboxylic acids is 1. The van der Waals surface area contributed by atoms with E-state index in [1.54, 1.807) is 13.1 Å². The third kappa shape index (κ3) is 4.72. The molecule has 2 aliphatic rings. The second kappa shape index (κ2) is 10.1. The number of rotatable bonds is 4. The second-order valence-electron chi connectivity index (χ2n) is 9.28. The predicted octanol–water partition coefficient (Wildman–Crippen LogP) is 5.41. The van der Waals surface area contributed by atoms with Gasteiger partial charge in [0.2, 0.25) is 10.0 Å². The molecule has 1 fully saturated rings. The molecule has 0 aliphatic carbocycles. The zero-order chi connectivity index (χ0) is 26.3. The number of likely N-dealkylation sites (N-methyl/N-ethyl adjacent to an activating group) is 1. The number of carbonyl (C=O) groups is 1. The molecule has 1 atom stereocenters. The highest BCUT2D eigenvalue weighted by Crippen LogP contribution is 2.44. The van der Waals surface area contributed by atoms with E-state index in [1.165, 1.54) is 16.4 Å². The number of hydrogen-bond acceptors (Lipinski definition) is 5. The van der Waals surface area contributed by atoms with E-state index in [9.17, 15) is 22.7 Å². The van der Waals surface area contributed by atoms with Crippen LogP contribution in [0.25, 0.3) is 11.1 Å². The molecule has 0 amide bonds. The van der Waals surface area contributed by atoms with Gasteiger partial charge in [0.05, 0.1) is 16.3 Å². The Balaban J connectivity index is 1.71. The van der Waals surface area contributed by atoms with Crippen LogP contribution in [0.5, 0.6) is 0 Å². The first-order valence-electron chi connectivity index (χ1n) is 11.9. The molecule has 5 rings (SSSR count). The van der Waals surface area contributed by atoms with Crippen molar-refractivity contribution < 1.29 is 27.4 Å². The summed E-state index contributed by atoms with van der Waals surface area (Å²) in [5.74, 6) is -2.20. The van der Waals surface area contributed by atoms with E-state index in [0.717, 1.165) is 30.7 Å². The predicted molar refractivity (Wildman–Crippen MR) is 140 cm³/mol. The highest BCUT2D eigenvalue weighted by atomic mass is 35.5. The van der Waals surface area contributed by atoms with Crippen LogP contribution in [-0.2, 0) is 14.8 Å². The smallest absolute Gasteiger partial charge is 0.338 e. The van der Waals surface area contributed by atoms with Gasteiger partial charge in [-0.05, 0) is 60.7 Å². The third-order valence-corrected chi connectivity index (χ3v) is 9.44. The van der Waals surface area contributed by atoms with Crippen LogP contribution in [0.3, 0.4) is 0 Å². The fourth-order valence-corrected chi connectivity index (χ4v) is 7.04. The molecule has 10 heteroatoms.